The molecule has 1 saturated heterocycles. The summed E-state index contributed by atoms with van der Waals surface area (Å²) in [5.74, 6) is -0.773. The first-order valence-electron chi connectivity index (χ1n) is 8.27. The second-order valence-corrected chi connectivity index (χ2v) is 5.93. The van der Waals surface area contributed by atoms with Gasteiger partial charge in [0.05, 0.1) is 6.61 Å². The lowest BCUT2D eigenvalue weighted by Crippen LogP contribution is -2.27. The first-order valence-corrected chi connectivity index (χ1v) is 8.27. The van der Waals surface area contributed by atoms with Crippen molar-refractivity contribution in [1.29, 1.82) is 0 Å². The van der Waals surface area contributed by atoms with Gasteiger partial charge < -0.3 is 10.1 Å². The van der Waals surface area contributed by atoms with Crippen molar-refractivity contribution in [1.82, 2.24) is 5.32 Å². The first-order chi connectivity index (χ1) is 11.6. The predicted molar refractivity (Wildman–Crippen MR) is 89.5 cm³/mol. The maximum absolute atomic E-state index is 13.0. The summed E-state index contributed by atoms with van der Waals surface area (Å²) in [6.45, 7) is 2.15. The zero-order valence-electron chi connectivity index (χ0n) is 13.6. The molecular weight excluding hydrogens is 312 g/mol. The summed E-state index contributed by atoms with van der Waals surface area (Å²) in [7, 11) is 0. The lowest BCUT2D eigenvalue weighted by Gasteiger charge is -2.06. The van der Waals surface area contributed by atoms with E-state index in [1.807, 2.05) is 12.2 Å². The molecule has 0 saturated carbocycles. The Balaban J connectivity index is 1.58. The molecule has 24 heavy (non-hydrogen) atoms. The molecule has 1 aliphatic heterocycles. The van der Waals surface area contributed by atoms with Crippen LogP contribution in [0.4, 0.5) is 8.78 Å². The molecule has 1 amide bonds. The highest BCUT2D eigenvalue weighted by atomic mass is 19.1. The molecule has 0 aromatic heterocycles. The summed E-state index contributed by atoms with van der Waals surface area (Å²) < 4.78 is 31.3. The molecule has 0 spiro atoms. The molecule has 1 atom stereocenters. The molecule has 130 valence electrons. The molecule has 1 unspecified atom stereocenters. The van der Waals surface area contributed by atoms with Crippen molar-refractivity contribution in [2.24, 2.45) is 5.92 Å². The van der Waals surface area contributed by atoms with Gasteiger partial charge >= 0.3 is 0 Å². The van der Waals surface area contributed by atoms with Crippen LogP contribution in [0, 0.1) is 17.6 Å². The monoisotopic (exact) mass is 335 g/mol. The number of carbonyl (C=O) groups excluding carboxylic acids is 1. The number of hydrogen-bond donors (Lipinski definition) is 1. The van der Waals surface area contributed by atoms with Crippen LogP contribution in [-0.2, 0) is 16.0 Å². The van der Waals surface area contributed by atoms with Crippen molar-refractivity contribution >= 4 is 5.91 Å². The van der Waals surface area contributed by atoms with Gasteiger partial charge in [-0.3, -0.25) is 4.79 Å². The number of nitrogens with one attached hydrogen (secondary N) is 1. The minimum atomic E-state index is -0.543. The van der Waals surface area contributed by atoms with Crippen LogP contribution >= 0.6 is 0 Å². The Kier molecular flexibility index (Phi) is 7.62. The normalized spacial score (nSPS) is 17.8. The number of amides is 1. The maximum Gasteiger partial charge on any atom is 0.243 e. The van der Waals surface area contributed by atoms with E-state index < -0.39 is 11.6 Å². The number of ether oxygens (including phenoxy) is 1. The van der Waals surface area contributed by atoms with E-state index in [-0.39, 0.29) is 5.91 Å². The van der Waals surface area contributed by atoms with Crippen molar-refractivity contribution in [2.75, 3.05) is 19.8 Å². The lowest BCUT2D eigenvalue weighted by molar-refractivity contribution is -0.116. The summed E-state index contributed by atoms with van der Waals surface area (Å²) in [5, 5.41) is 2.85. The number of benzene rings is 1. The largest absolute Gasteiger partial charge is 0.381 e. The Bertz CT molecular complexity index is 573. The Hall–Kier alpha value is -2.01. The number of hydrogen-bond acceptors (Lipinski definition) is 2. The van der Waals surface area contributed by atoms with Gasteiger partial charge in [0.25, 0.3) is 0 Å². The van der Waals surface area contributed by atoms with Crippen LogP contribution in [0.2, 0.25) is 0 Å². The van der Waals surface area contributed by atoms with E-state index in [1.165, 1.54) is 18.2 Å². The van der Waals surface area contributed by atoms with Gasteiger partial charge in [-0.25, -0.2) is 8.78 Å². The summed E-state index contributed by atoms with van der Waals surface area (Å²) in [4.78, 5) is 11.6. The molecule has 1 aliphatic rings. The highest BCUT2D eigenvalue weighted by Crippen LogP contribution is 2.11. The molecule has 0 radical (unpaired) electrons. The van der Waals surface area contributed by atoms with Crippen LogP contribution in [0.15, 0.2) is 42.5 Å². The van der Waals surface area contributed by atoms with Crippen molar-refractivity contribution < 1.29 is 18.3 Å². The Morgan fingerprint density at radius 3 is 2.75 bits per heavy atom. The van der Waals surface area contributed by atoms with Crippen molar-refractivity contribution in [3.8, 4) is 0 Å². The molecule has 1 aromatic rings. The minimum Gasteiger partial charge on any atom is -0.381 e. The van der Waals surface area contributed by atoms with Crippen LogP contribution in [-0.4, -0.2) is 25.7 Å². The number of halogens is 2. The fraction of sp³-hybridized carbons (Fsp3) is 0.421. The van der Waals surface area contributed by atoms with E-state index in [1.54, 1.807) is 6.08 Å². The standard InChI is InChI=1S/C19H23F2NO2/c20-17-10-15(11-18(21)12-17)6-4-2-1-3-5-7-19(23)22-13-16-8-9-24-14-16/h1,3,5,7,10-12,16H,2,4,6,8-9,13-14H2,(H,22,23). The molecule has 1 heterocycles. The molecule has 1 aromatic carbocycles. The first kappa shape index (κ1) is 18.3. The quantitative estimate of drug-likeness (QED) is 0.448. The SMILES string of the molecule is O=C(C=CC=CCCCc1cc(F)cc(F)c1)NCC1CCOC1. The minimum absolute atomic E-state index is 0.109. The van der Waals surface area contributed by atoms with Crippen molar-refractivity contribution in [3.05, 3.63) is 59.7 Å². The summed E-state index contributed by atoms with van der Waals surface area (Å²) in [6, 6.07) is 3.58. The van der Waals surface area contributed by atoms with Crippen LogP contribution in [0.1, 0.15) is 24.8 Å². The zero-order valence-corrected chi connectivity index (χ0v) is 13.6. The third kappa shape index (κ3) is 7.04. The third-order valence-corrected chi connectivity index (χ3v) is 3.84. The summed E-state index contributed by atoms with van der Waals surface area (Å²) >= 11 is 0. The second kappa shape index (κ2) is 9.98. The Morgan fingerprint density at radius 2 is 2.04 bits per heavy atom. The molecule has 0 aliphatic carbocycles. The van der Waals surface area contributed by atoms with Gasteiger partial charge in [-0.1, -0.05) is 18.2 Å². The van der Waals surface area contributed by atoms with Crippen LogP contribution in [0.3, 0.4) is 0 Å². The number of rotatable bonds is 8. The van der Waals surface area contributed by atoms with Crippen molar-refractivity contribution in [2.45, 2.75) is 25.7 Å². The van der Waals surface area contributed by atoms with E-state index in [4.69, 9.17) is 4.74 Å². The van der Waals surface area contributed by atoms with Gasteiger partial charge in [0, 0.05) is 31.2 Å². The van der Waals surface area contributed by atoms with E-state index in [9.17, 15) is 13.6 Å². The second-order valence-electron chi connectivity index (χ2n) is 5.93. The van der Waals surface area contributed by atoms with Crippen LogP contribution < -0.4 is 5.32 Å². The number of carbonyl (C=O) groups is 1. The smallest absolute Gasteiger partial charge is 0.243 e. The maximum atomic E-state index is 13.0. The lowest BCUT2D eigenvalue weighted by atomic mass is 10.1. The number of aryl methyl sites for hydroxylation is 1. The molecular formula is C19H23F2NO2. The predicted octanol–water partition coefficient (Wildman–Crippen LogP) is 3.55. The molecule has 3 nitrogen and oxygen atoms in total. The van der Waals surface area contributed by atoms with E-state index in [0.717, 1.165) is 38.5 Å². The molecule has 5 heteroatoms. The van der Waals surface area contributed by atoms with Gasteiger partial charge in [-0.2, -0.15) is 0 Å². The average Bonchev–Trinajstić information content (AvgIpc) is 3.04. The molecule has 2 rings (SSSR count). The average molecular weight is 335 g/mol. The number of allylic oxidation sites excluding steroid dienone is 3. The molecule has 1 fully saturated rings. The third-order valence-electron chi connectivity index (χ3n) is 3.84. The van der Waals surface area contributed by atoms with Crippen LogP contribution in [0.5, 0.6) is 0 Å². The highest BCUT2D eigenvalue weighted by molar-refractivity contribution is 5.87. The highest BCUT2D eigenvalue weighted by Gasteiger charge is 2.15. The van der Waals surface area contributed by atoms with Gasteiger partial charge in [0.2, 0.25) is 5.91 Å². The van der Waals surface area contributed by atoms with Crippen molar-refractivity contribution in [3.63, 3.8) is 0 Å². The van der Waals surface area contributed by atoms with Crippen LogP contribution in [0.25, 0.3) is 0 Å². The van der Waals surface area contributed by atoms with Gasteiger partial charge in [-0.05, 0) is 43.4 Å². The van der Waals surface area contributed by atoms with E-state index in [2.05, 4.69) is 5.32 Å². The van der Waals surface area contributed by atoms with E-state index in [0.29, 0.717) is 24.4 Å². The number of unbranched alkanes of at least 4 members (excludes halogenated alkanes) is 1. The zero-order chi connectivity index (χ0) is 17.2. The Morgan fingerprint density at radius 1 is 1.25 bits per heavy atom. The fourth-order valence-electron chi connectivity index (χ4n) is 2.55. The Labute approximate surface area is 141 Å². The topological polar surface area (TPSA) is 38.3 Å². The van der Waals surface area contributed by atoms with Gasteiger partial charge in [0.1, 0.15) is 11.6 Å². The van der Waals surface area contributed by atoms with E-state index >= 15 is 0 Å². The fourth-order valence-corrected chi connectivity index (χ4v) is 2.55. The van der Waals surface area contributed by atoms with Gasteiger partial charge in [0.15, 0.2) is 0 Å². The summed E-state index contributed by atoms with van der Waals surface area (Å²) in [5.41, 5.74) is 0.659. The summed E-state index contributed by atoms with van der Waals surface area (Å²) in [6.07, 6.45) is 10.1. The molecule has 1 N–H and O–H groups in total. The van der Waals surface area contributed by atoms with Gasteiger partial charge in [-0.15, -0.1) is 0 Å². The molecule has 0 bridgehead atoms.